The number of alkyl halides is 3. The van der Waals surface area contributed by atoms with Crippen LogP contribution >= 0.6 is 0 Å². The van der Waals surface area contributed by atoms with Crippen LogP contribution < -0.4 is 14.4 Å². The highest BCUT2D eigenvalue weighted by Gasteiger charge is 2.59. The number of methoxy groups -OCH3 is 1. The normalized spacial score (nSPS) is 19.6. The first-order valence-electron chi connectivity index (χ1n) is 15.8. The second kappa shape index (κ2) is 12.4. The number of piperazine rings is 1. The van der Waals surface area contributed by atoms with Gasteiger partial charge in [-0.3, -0.25) is 9.88 Å². The van der Waals surface area contributed by atoms with Gasteiger partial charge in [0.05, 0.1) is 17.0 Å². The zero-order valence-electron chi connectivity index (χ0n) is 27.6. The van der Waals surface area contributed by atoms with Crippen molar-refractivity contribution < 1.29 is 46.1 Å². The monoisotopic (exact) mass is 689 g/mol. The molecule has 2 aliphatic heterocycles. The van der Waals surface area contributed by atoms with Crippen LogP contribution in [0.2, 0.25) is 0 Å². The highest BCUT2D eigenvalue weighted by molar-refractivity contribution is 6.02. The summed E-state index contributed by atoms with van der Waals surface area (Å²) in [5, 5.41) is 11.2. The van der Waals surface area contributed by atoms with Crippen molar-refractivity contribution in [1.29, 1.82) is 0 Å². The number of amides is 1. The van der Waals surface area contributed by atoms with Crippen molar-refractivity contribution in [2.75, 3.05) is 38.5 Å². The number of nitrogens with zero attached hydrogens (tertiary/aromatic N) is 5. The molecule has 0 spiro atoms. The molecule has 2 bridgehead atoms. The summed E-state index contributed by atoms with van der Waals surface area (Å²) >= 11 is 0. The summed E-state index contributed by atoms with van der Waals surface area (Å²) in [6.45, 7) is 6.00. The molecule has 1 amide bonds. The maximum Gasteiger partial charge on any atom is 0.422 e. The van der Waals surface area contributed by atoms with E-state index in [4.69, 9.17) is 14.2 Å². The maximum atomic E-state index is 16.9. The lowest BCUT2D eigenvalue weighted by Crippen LogP contribution is -2.68. The summed E-state index contributed by atoms with van der Waals surface area (Å²) < 4.78 is 87.5. The number of fused-ring (bicyclic) bond motifs is 4. The fraction of sp³-hybridized carbons (Fsp3) is 0.471. The van der Waals surface area contributed by atoms with Gasteiger partial charge in [-0.05, 0) is 59.2 Å². The fourth-order valence-corrected chi connectivity index (χ4v) is 7.33. The molecule has 0 aliphatic carbocycles. The number of ether oxygens (including phenoxy) is 3. The van der Waals surface area contributed by atoms with Crippen LogP contribution in [0.1, 0.15) is 46.1 Å². The smallest absolute Gasteiger partial charge is 0.422 e. The lowest BCUT2D eigenvalue weighted by atomic mass is 9.71. The molecule has 6 rings (SSSR count). The fourth-order valence-electron chi connectivity index (χ4n) is 7.33. The predicted molar refractivity (Wildman–Crippen MR) is 171 cm³/mol. The number of anilines is 1. The quantitative estimate of drug-likeness (QED) is 0.150. The van der Waals surface area contributed by atoms with Gasteiger partial charge in [0.1, 0.15) is 28.6 Å². The van der Waals surface area contributed by atoms with Crippen molar-refractivity contribution >= 4 is 33.6 Å². The van der Waals surface area contributed by atoms with Gasteiger partial charge in [-0.15, -0.1) is 0 Å². The Balaban J connectivity index is 1.57. The average molecular weight is 690 g/mol. The van der Waals surface area contributed by atoms with E-state index in [0.717, 1.165) is 0 Å². The number of carboxylic acid groups (broad SMARTS) is 1. The van der Waals surface area contributed by atoms with Crippen LogP contribution in [0.15, 0.2) is 30.5 Å². The van der Waals surface area contributed by atoms with Gasteiger partial charge in [0.25, 0.3) is 0 Å². The van der Waals surface area contributed by atoms with E-state index in [1.807, 2.05) is 20.8 Å². The van der Waals surface area contributed by atoms with E-state index in [1.54, 1.807) is 17.9 Å². The van der Waals surface area contributed by atoms with Crippen molar-refractivity contribution in [2.45, 2.75) is 64.7 Å². The van der Waals surface area contributed by atoms with E-state index in [0.29, 0.717) is 29.2 Å². The van der Waals surface area contributed by atoms with E-state index in [2.05, 4.69) is 15.0 Å². The molecule has 2 aliphatic rings. The largest absolute Gasteiger partial charge is 0.468 e. The molecule has 0 saturated carbocycles. The predicted octanol–water partition coefficient (Wildman–Crippen LogP) is 7.36. The summed E-state index contributed by atoms with van der Waals surface area (Å²) in [4.78, 5) is 28.6. The summed E-state index contributed by atoms with van der Waals surface area (Å²) in [7, 11) is 1.43. The van der Waals surface area contributed by atoms with Gasteiger partial charge in [0.2, 0.25) is 0 Å². The molecular formula is C34H36F5N5O5. The van der Waals surface area contributed by atoms with E-state index < -0.39 is 53.5 Å². The third-order valence-corrected chi connectivity index (χ3v) is 9.60. The van der Waals surface area contributed by atoms with Gasteiger partial charge in [-0.1, -0.05) is 33.8 Å². The molecule has 15 heteroatoms. The molecular weight excluding hydrogens is 653 g/mol. The molecule has 4 heterocycles. The van der Waals surface area contributed by atoms with Crippen molar-refractivity contribution in [2.24, 2.45) is 5.41 Å². The molecule has 2 saturated heterocycles. The van der Waals surface area contributed by atoms with Crippen LogP contribution in [0.5, 0.6) is 11.8 Å². The van der Waals surface area contributed by atoms with Crippen LogP contribution in [0.3, 0.4) is 0 Å². The number of pyridine rings is 1. The number of hydrogen-bond acceptors (Lipinski definition) is 8. The molecule has 1 N–H and O–H groups in total. The molecule has 262 valence electrons. The molecule has 4 aromatic rings. The van der Waals surface area contributed by atoms with Gasteiger partial charge < -0.3 is 24.2 Å². The molecule has 2 fully saturated rings. The Kier molecular flexibility index (Phi) is 8.70. The first kappa shape index (κ1) is 34.3. The third-order valence-electron chi connectivity index (χ3n) is 9.60. The van der Waals surface area contributed by atoms with E-state index in [9.17, 15) is 23.1 Å². The average Bonchev–Trinajstić information content (AvgIpc) is 3.30. The Morgan fingerprint density at radius 2 is 1.88 bits per heavy atom. The van der Waals surface area contributed by atoms with Gasteiger partial charge in [-0.25, -0.2) is 13.6 Å². The minimum Gasteiger partial charge on any atom is -0.468 e. The van der Waals surface area contributed by atoms with Crippen LogP contribution in [-0.2, 0) is 11.2 Å². The number of rotatable bonds is 8. The summed E-state index contributed by atoms with van der Waals surface area (Å²) in [6.07, 6.45) is -3.10. The second-order valence-electron chi connectivity index (χ2n) is 13.4. The van der Waals surface area contributed by atoms with Crippen molar-refractivity contribution in [1.82, 2.24) is 19.9 Å². The molecule has 49 heavy (non-hydrogen) atoms. The lowest BCUT2D eigenvalue weighted by Gasteiger charge is -2.54. The molecule has 2 aromatic heterocycles. The molecule has 10 nitrogen and oxygen atoms in total. The van der Waals surface area contributed by atoms with Crippen molar-refractivity contribution in [3.63, 3.8) is 0 Å². The molecule has 2 aromatic carbocycles. The summed E-state index contributed by atoms with van der Waals surface area (Å²) in [6, 6.07) is 4.84. The van der Waals surface area contributed by atoms with E-state index in [1.165, 1.54) is 36.4 Å². The van der Waals surface area contributed by atoms with Crippen LogP contribution in [-0.4, -0.2) is 82.4 Å². The van der Waals surface area contributed by atoms with Gasteiger partial charge in [0, 0.05) is 32.0 Å². The van der Waals surface area contributed by atoms with Gasteiger partial charge in [-0.2, -0.15) is 23.1 Å². The number of hydrogen-bond donors (Lipinski definition) is 1. The number of halogens is 5. The number of aromatic nitrogens is 3. The standard InChI is InChI=1S/C34H36F5N5O5/c1-6-21-24(35)8-7-18-11-20(49-17-47-5)12-22(25(18)21)27-26(36)28-23(13-40-27)29(42-30(41-28)48-16-34(37,38)39)43-14-19-9-10-33(15-43,32(2,3)4)44(19)31(45)46/h7-8,11-13,19H,6,9-10,14-17H2,1-5H3,(H,45,46)/t19-,33-/m0/s1. The highest BCUT2D eigenvalue weighted by Crippen LogP contribution is 2.51. The zero-order chi connectivity index (χ0) is 35.5. The molecule has 0 unspecified atom stereocenters. The maximum absolute atomic E-state index is 16.9. The Bertz CT molecular complexity index is 1930. The zero-order valence-corrected chi connectivity index (χ0v) is 27.6. The Labute approximate surface area is 278 Å². The highest BCUT2D eigenvalue weighted by atomic mass is 19.4. The minimum absolute atomic E-state index is 0.0630. The summed E-state index contributed by atoms with van der Waals surface area (Å²) in [5.41, 5.74) is -1.54. The van der Waals surface area contributed by atoms with E-state index in [-0.39, 0.29) is 60.0 Å². The first-order chi connectivity index (χ1) is 23.1. The number of carbonyl (C=O) groups is 1. The van der Waals surface area contributed by atoms with Crippen LogP contribution in [0.4, 0.5) is 32.6 Å². The molecule has 2 atom stereocenters. The van der Waals surface area contributed by atoms with Gasteiger partial charge in [0.15, 0.2) is 19.2 Å². The topological polar surface area (TPSA) is 110 Å². The number of aryl methyl sites for hydroxylation is 1. The third kappa shape index (κ3) is 6.02. The first-order valence-corrected chi connectivity index (χ1v) is 15.8. The summed E-state index contributed by atoms with van der Waals surface area (Å²) in [5.74, 6) is -1.14. The molecule has 0 radical (unpaired) electrons. The van der Waals surface area contributed by atoms with Crippen molar-refractivity contribution in [3.8, 4) is 23.0 Å². The van der Waals surface area contributed by atoms with Crippen LogP contribution in [0.25, 0.3) is 32.9 Å². The SMILES string of the molecule is CCc1c(F)ccc2cc(OCOC)cc(-c3ncc4c(N5C[C@@H]6CC[C@@](C(C)(C)C)(C5)N6C(=O)O)nc(OCC(F)(F)F)nc4c3F)c12. The Hall–Kier alpha value is -4.53. The minimum atomic E-state index is -4.73. The Morgan fingerprint density at radius 3 is 2.53 bits per heavy atom. The lowest BCUT2D eigenvalue weighted by molar-refractivity contribution is -0.154. The van der Waals surface area contributed by atoms with Crippen molar-refractivity contribution in [3.05, 3.63) is 47.7 Å². The van der Waals surface area contributed by atoms with Gasteiger partial charge >= 0.3 is 18.3 Å². The van der Waals surface area contributed by atoms with E-state index >= 15 is 8.78 Å². The Morgan fingerprint density at radius 1 is 1.12 bits per heavy atom. The second-order valence-corrected chi connectivity index (χ2v) is 13.4. The van der Waals surface area contributed by atoms with Crippen LogP contribution in [0, 0.1) is 17.0 Å². The number of benzene rings is 2.